The fourth-order valence-corrected chi connectivity index (χ4v) is 1.09. The van der Waals surface area contributed by atoms with Gasteiger partial charge in [-0.05, 0) is 11.8 Å². The molecule has 0 rings (SSSR count). The maximum Gasteiger partial charge on any atom is 0.329 e. The zero-order valence-corrected chi connectivity index (χ0v) is 10.6. The van der Waals surface area contributed by atoms with Crippen LogP contribution in [0.15, 0.2) is 0 Å². The zero-order valence-electron chi connectivity index (χ0n) is 10.6. The number of carboxylic acids is 1. The van der Waals surface area contributed by atoms with Crippen LogP contribution >= 0.6 is 0 Å². The molecule has 2 N–H and O–H groups in total. The number of hydrogen-bond donors (Lipinski definition) is 2. The number of carbonyl (C=O) groups excluding carboxylic acids is 1. The quantitative estimate of drug-likeness (QED) is 0.610. The van der Waals surface area contributed by atoms with Gasteiger partial charge in [-0.25, -0.2) is 4.79 Å². The molecule has 0 aromatic heterocycles. The molecule has 0 radical (unpaired) electrons. The first-order valence-corrected chi connectivity index (χ1v) is 5.42. The highest BCUT2D eigenvalue weighted by molar-refractivity contribution is 5.77. The number of hydrogen-bond acceptors (Lipinski definition) is 4. The topological polar surface area (TPSA) is 84.9 Å². The monoisotopic (exact) mass is 247 g/mol. The first kappa shape index (κ1) is 15.9. The van der Waals surface area contributed by atoms with Gasteiger partial charge in [-0.15, -0.1) is 0 Å². The molecule has 0 saturated carbocycles. The second-order valence-corrected chi connectivity index (χ2v) is 4.57. The Kier molecular flexibility index (Phi) is 7.49. The van der Waals surface area contributed by atoms with E-state index < -0.39 is 12.6 Å². The van der Waals surface area contributed by atoms with Gasteiger partial charge in [0.15, 0.2) is 0 Å². The number of ether oxygens (including phenoxy) is 2. The molecule has 0 aliphatic carbocycles. The van der Waals surface area contributed by atoms with Crippen molar-refractivity contribution in [3.05, 3.63) is 0 Å². The molecular formula is C11H21NO5. The number of carboxylic acid groups (broad SMARTS) is 1. The van der Waals surface area contributed by atoms with Gasteiger partial charge in [0, 0.05) is 20.3 Å². The van der Waals surface area contributed by atoms with Gasteiger partial charge in [-0.2, -0.15) is 0 Å². The average molecular weight is 247 g/mol. The molecule has 17 heavy (non-hydrogen) atoms. The van der Waals surface area contributed by atoms with Crippen molar-refractivity contribution in [3.63, 3.8) is 0 Å². The van der Waals surface area contributed by atoms with Crippen molar-refractivity contribution in [3.8, 4) is 0 Å². The van der Waals surface area contributed by atoms with Gasteiger partial charge >= 0.3 is 5.97 Å². The SMILES string of the molecule is COCCC(C)(C)CNC(=O)COCC(=O)O. The van der Waals surface area contributed by atoms with E-state index in [1.54, 1.807) is 7.11 Å². The van der Waals surface area contributed by atoms with Crippen molar-refractivity contribution < 1.29 is 24.2 Å². The Morgan fingerprint density at radius 2 is 1.94 bits per heavy atom. The van der Waals surface area contributed by atoms with E-state index >= 15 is 0 Å². The summed E-state index contributed by atoms with van der Waals surface area (Å²) < 4.78 is 9.64. The smallest absolute Gasteiger partial charge is 0.329 e. The van der Waals surface area contributed by atoms with Crippen LogP contribution in [0.1, 0.15) is 20.3 Å². The van der Waals surface area contributed by atoms with Crippen molar-refractivity contribution in [2.75, 3.05) is 33.5 Å². The lowest BCUT2D eigenvalue weighted by Crippen LogP contribution is -2.37. The lowest BCUT2D eigenvalue weighted by atomic mass is 9.90. The highest BCUT2D eigenvalue weighted by atomic mass is 16.5. The van der Waals surface area contributed by atoms with E-state index in [0.29, 0.717) is 13.2 Å². The van der Waals surface area contributed by atoms with E-state index in [9.17, 15) is 9.59 Å². The van der Waals surface area contributed by atoms with Crippen molar-refractivity contribution in [2.45, 2.75) is 20.3 Å². The molecule has 0 aliphatic heterocycles. The van der Waals surface area contributed by atoms with Crippen LogP contribution in [0.2, 0.25) is 0 Å². The summed E-state index contributed by atoms with van der Waals surface area (Å²) in [5, 5.41) is 11.0. The van der Waals surface area contributed by atoms with E-state index in [2.05, 4.69) is 10.1 Å². The van der Waals surface area contributed by atoms with E-state index in [1.165, 1.54) is 0 Å². The van der Waals surface area contributed by atoms with Gasteiger partial charge in [0.2, 0.25) is 5.91 Å². The molecule has 0 aliphatic rings. The van der Waals surface area contributed by atoms with Crippen LogP contribution in [0.4, 0.5) is 0 Å². The standard InChI is InChI=1S/C11H21NO5/c1-11(2,4-5-16-3)8-12-9(13)6-17-7-10(14)15/h4-8H2,1-3H3,(H,12,13)(H,14,15). The molecule has 6 heteroatoms. The summed E-state index contributed by atoms with van der Waals surface area (Å²) in [6.45, 7) is 4.49. The lowest BCUT2D eigenvalue weighted by molar-refractivity contribution is -0.143. The van der Waals surface area contributed by atoms with Crippen LogP contribution in [0.5, 0.6) is 0 Å². The molecule has 0 heterocycles. The van der Waals surface area contributed by atoms with Crippen LogP contribution in [0.25, 0.3) is 0 Å². The van der Waals surface area contributed by atoms with E-state index in [0.717, 1.165) is 6.42 Å². The highest BCUT2D eigenvalue weighted by Gasteiger charge is 2.18. The number of aliphatic carboxylic acids is 1. The van der Waals surface area contributed by atoms with Crippen molar-refractivity contribution in [1.82, 2.24) is 5.32 Å². The summed E-state index contributed by atoms with van der Waals surface area (Å²) in [7, 11) is 1.63. The third-order valence-corrected chi connectivity index (χ3v) is 2.21. The predicted octanol–water partition coefficient (Wildman–Crippen LogP) is 0.267. The Hall–Kier alpha value is -1.14. The van der Waals surface area contributed by atoms with Crippen molar-refractivity contribution in [2.24, 2.45) is 5.41 Å². The number of carbonyl (C=O) groups is 2. The summed E-state index contributed by atoms with van der Waals surface area (Å²) >= 11 is 0. The molecule has 100 valence electrons. The van der Waals surface area contributed by atoms with Crippen LogP contribution in [0, 0.1) is 5.41 Å². The van der Waals surface area contributed by atoms with Gasteiger partial charge in [-0.3, -0.25) is 4.79 Å². The number of amides is 1. The van der Waals surface area contributed by atoms with Gasteiger partial charge < -0.3 is 19.9 Å². The third kappa shape index (κ3) is 9.77. The molecule has 0 aromatic rings. The van der Waals surface area contributed by atoms with Crippen LogP contribution < -0.4 is 5.32 Å². The molecule has 6 nitrogen and oxygen atoms in total. The van der Waals surface area contributed by atoms with Gasteiger partial charge in [-0.1, -0.05) is 13.8 Å². The second kappa shape index (κ2) is 8.03. The average Bonchev–Trinajstić information content (AvgIpc) is 2.23. The van der Waals surface area contributed by atoms with Crippen LogP contribution in [-0.2, 0) is 19.1 Å². The largest absolute Gasteiger partial charge is 0.480 e. The van der Waals surface area contributed by atoms with E-state index in [4.69, 9.17) is 9.84 Å². The summed E-state index contributed by atoms with van der Waals surface area (Å²) in [5.74, 6) is -1.39. The summed E-state index contributed by atoms with van der Waals surface area (Å²) in [5.41, 5.74) is -0.0571. The molecule has 1 amide bonds. The summed E-state index contributed by atoms with van der Waals surface area (Å²) in [6.07, 6.45) is 0.833. The highest BCUT2D eigenvalue weighted by Crippen LogP contribution is 2.18. The maximum atomic E-state index is 11.3. The van der Waals surface area contributed by atoms with Gasteiger partial charge in [0.25, 0.3) is 0 Å². The molecule has 0 atom stereocenters. The fraction of sp³-hybridized carbons (Fsp3) is 0.818. The van der Waals surface area contributed by atoms with Gasteiger partial charge in [0.05, 0.1) is 0 Å². The Labute approximate surface area is 101 Å². The second-order valence-electron chi connectivity index (χ2n) is 4.57. The van der Waals surface area contributed by atoms with Crippen molar-refractivity contribution >= 4 is 11.9 Å². The molecular weight excluding hydrogens is 226 g/mol. The Morgan fingerprint density at radius 1 is 1.29 bits per heavy atom. The maximum absolute atomic E-state index is 11.3. The minimum absolute atomic E-state index is 0.0571. The summed E-state index contributed by atoms with van der Waals surface area (Å²) in [6, 6.07) is 0. The number of nitrogens with one attached hydrogen (secondary N) is 1. The Morgan fingerprint density at radius 3 is 2.47 bits per heavy atom. The molecule has 0 fully saturated rings. The number of methoxy groups -OCH3 is 1. The first-order chi connectivity index (χ1) is 7.87. The molecule has 0 unspecified atom stereocenters. The third-order valence-electron chi connectivity index (χ3n) is 2.21. The fourth-order valence-electron chi connectivity index (χ4n) is 1.09. The van der Waals surface area contributed by atoms with Crippen LogP contribution in [-0.4, -0.2) is 50.5 Å². The molecule has 0 spiro atoms. The first-order valence-electron chi connectivity index (χ1n) is 5.42. The Balaban J connectivity index is 3.71. The minimum Gasteiger partial charge on any atom is -0.480 e. The molecule has 0 aromatic carbocycles. The summed E-state index contributed by atoms with van der Waals surface area (Å²) in [4.78, 5) is 21.4. The van der Waals surface area contributed by atoms with E-state index in [-0.39, 0.29) is 17.9 Å². The minimum atomic E-state index is -1.08. The van der Waals surface area contributed by atoms with Crippen molar-refractivity contribution in [1.29, 1.82) is 0 Å². The van der Waals surface area contributed by atoms with Crippen LogP contribution in [0.3, 0.4) is 0 Å². The lowest BCUT2D eigenvalue weighted by Gasteiger charge is -2.24. The Bertz CT molecular complexity index is 252. The van der Waals surface area contributed by atoms with Gasteiger partial charge in [0.1, 0.15) is 13.2 Å². The zero-order chi connectivity index (χ0) is 13.3. The normalized spacial score (nSPS) is 11.2. The number of rotatable bonds is 9. The molecule has 0 bridgehead atoms. The predicted molar refractivity (Wildman–Crippen MR) is 61.7 cm³/mol. The molecule has 0 saturated heterocycles. The van der Waals surface area contributed by atoms with E-state index in [1.807, 2.05) is 13.8 Å².